The molecule has 0 radical (unpaired) electrons. The highest BCUT2D eigenvalue weighted by molar-refractivity contribution is 5.48. The summed E-state index contributed by atoms with van der Waals surface area (Å²) in [6.45, 7) is 0.733. The van der Waals surface area contributed by atoms with Crippen LogP contribution in [0.15, 0.2) is 9.32 Å². The molecule has 4 heterocycles. The summed E-state index contributed by atoms with van der Waals surface area (Å²) in [5.74, 6) is -4.70. The van der Waals surface area contributed by atoms with Crippen LogP contribution in [-0.4, -0.2) is 57.7 Å². The van der Waals surface area contributed by atoms with Crippen molar-refractivity contribution < 1.29 is 40.0 Å². The highest BCUT2D eigenvalue weighted by Gasteiger charge is 2.48. The zero-order valence-electron chi connectivity index (χ0n) is 17.0. The lowest BCUT2D eigenvalue weighted by atomic mass is 10.1. The number of alkyl halides is 6. The first-order chi connectivity index (χ1) is 15.4. The van der Waals surface area contributed by atoms with Gasteiger partial charge in [0.25, 0.3) is 11.4 Å². The number of rotatable bonds is 3. The third-order valence-corrected chi connectivity index (χ3v) is 5.38. The normalized spacial score (nSPS) is 21.9. The van der Waals surface area contributed by atoms with Crippen LogP contribution in [0.2, 0.25) is 0 Å². The fourth-order valence-corrected chi connectivity index (χ4v) is 3.81. The third-order valence-electron chi connectivity index (χ3n) is 5.38. The third kappa shape index (κ3) is 4.35. The van der Waals surface area contributed by atoms with E-state index in [4.69, 9.17) is 4.74 Å². The number of fused-ring (bicyclic) bond motifs is 1. The second-order valence-electron chi connectivity index (χ2n) is 7.61. The van der Waals surface area contributed by atoms with Crippen molar-refractivity contribution in [3.63, 3.8) is 0 Å². The van der Waals surface area contributed by atoms with Gasteiger partial charge in [-0.1, -0.05) is 5.16 Å². The van der Waals surface area contributed by atoms with Gasteiger partial charge in [0.05, 0.1) is 19.3 Å². The smallest absolute Gasteiger partial charge is 0.377 e. The summed E-state index contributed by atoms with van der Waals surface area (Å²) in [6, 6.07) is -2.66. The molecule has 33 heavy (non-hydrogen) atoms. The number of ether oxygens (including phenoxy) is 1. The Morgan fingerprint density at radius 1 is 1.12 bits per heavy atom. The van der Waals surface area contributed by atoms with Crippen molar-refractivity contribution >= 4 is 11.8 Å². The molecule has 2 aliphatic heterocycles. The molecule has 182 valence electrons. The van der Waals surface area contributed by atoms with Crippen molar-refractivity contribution in [1.29, 1.82) is 0 Å². The topological polar surface area (TPSA) is 89.5 Å². The summed E-state index contributed by atoms with van der Waals surface area (Å²) in [6.07, 6.45) is -10.5. The molecule has 2 unspecified atom stereocenters. The van der Waals surface area contributed by atoms with Crippen LogP contribution in [0.4, 0.5) is 42.5 Å². The van der Waals surface area contributed by atoms with Crippen molar-refractivity contribution in [2.45, 2.75) is 50.9 Å². The SMILES string of the molecule is CC1COCCN1c1nc2n(c(=O)c1F)CCC(C(F)(F)F)N2Cc1nc(C(F)(F)F)no1. The van der Waals surface area contributed by atoms with E-state index in [1.807, 2.05) is 0 Å². The first-order valence-corrected chi connectivity index (χ1v) is 9.75. The van der Waals surface area contributed by atoms with E-state index in [2.05, 4.69) is 19.6 Å². The fourth-order valence-electron chi connectivity index (χ4n) is 3.81. The van der Waals surface area contributed by atoms with Gasteiger partial charge in [-0.2, -0.15) is 40.7 Å². The molecule has 0 spiro atoms. The number of morpholine rings is 1. The molecule has 2 aliphatic rings. The van der Waals surface area contributed by atoms with Crippen LogP contribution >= 0.6 is 0 Å². The quantitative estimate of drug-likeness (QED) is 0.611. The van der Waals surface area contributed by atoms with Gasteiger partial charge in [0.2, 0.25) is 17.7 Å². The van der Waals surface area contributed by atoms with Gasteiger partial charge in [-0.15, -0.1) is 0 Å². The van der Waals surface area contributed by atoms with E-state index >= 15 is 0 Å². The Morgan fingerprint density at radius 2 is 1.85 bits per heavy atom. The number of anilines is 2. The predicted octanol–water partition coefficient (Wildman–Crippen LogP) is 2.35. The second kappa shape index (κ2) is 8.14. The molecule has 0 amide bonds. The fraction of sp³-hybridized carbons (Fsp3) is 0.647. The minimum absolute atomic E-state index is 0.134. The highest BCUT2D eigenvalue weighted by Crippen LogP contribution is 2.36. The number of aromatic nitrogens is 4. The maximum absolute atomic E-state index is 14.9. The predicted molar refractivity (Wildman–Crippen MR) is 96.0 cm³/mol. The molecule has 0 aliphatic carbocycles. The molecular formula is C17H17F7N6O3. The Labute approximate surface area is 180 Å². The van der Waals surface area contributed by atoms with Gasteiger partial charge < -0.3 is 19.1 Å². The lowest BCUT2D eigenvalue weighted by Gasteiger charge is -2.40. The molecule has 0 aromatic carbocycles. The van der Waals surface area contributed by atoms with Gasteiger partial charge in [0.1, 0.15) is 12.6 Å². The summed E-state index contributed by atoms with van der Waals surface area (Å²) in [5.41, 5.74) is -1.19. The van der Waals surface area contributed by atoms with Crippen molar-refractivity contribution in [3.8, 4) is 0 Å². The minimum atomic E-state index is -4.97. The molecule has 2 atom stereocenters. The van der Waals surface area contributed by atoms with E-state index in [1.54, 1.807) is 6.92 Å². The van der Waals surface area contributed by atoms with Crippen LogP contribution in [0.5, 0.6) is 0 Å². The lowest BCUT2D eigenvalue weighted by Crippen LogP contribution is -2.53. The van der Waals surface area contributed by atoms with Crippen molar-refractivity contribution in [3.05, 3.63) is 27.9 Å². The van der Waals surface area contributed by atoms with Crippen LogP contribution in [0.3, 0.4) is 0 Å². The Morgan fingerprint density at radius 3 is 2.45 bits per heavy atom. The minimum Gasteiger partial charge on any atom is -0.377 e. The van der Waals surface area contributed by atoms with Gasteiger partial charge >= 0.3 is 12.4 Å². The summed E-state index contributed by atoms with van der Waals surface area (Å²) >= 11 is 0. The standard InChI is InChI=1S/C17H17F7N6O3/c1-8-7-32-5-4-28(8)12-11(18)13(31)29-3-2-9(16(19,20)21)30(15(29)26-12)6-10-25-14(27-33-10)17(22,23)24/h8-9H,2-7H2,1H3. The Balaban J connectivity index is 1.80. The second-order valence-corrected chi connectivity index (χ2v) is 7.61. The molecule has 0 N–H and O–H groups in total. The first kappa shape index (κ1) is 23.3. The van der Waals surface area contributed by atoms with Gasteiger partial charge in [-0.05, 0) is 13.3 Å². The average Bonchev–Trinajstić information content (AvgIpc) is 3.20. The van der Waals surface area contributed by atoms with E-state index in [9.17, 15) is 35.5 Å². The summed E-state index contributed by atoms with van der Waals surface area (Å²) in [7, 11) is 0. The highest BCUT2D eigenvalue weighted by atomic mass is 19.4. The summed E-state index contributed by atoms with van der Waals surface area (Å²) in [4.78, 5) is 21.7. The molecule has 1 saturated heterocycles. The number of halogens is 7. The molecule has 16 heteroatoms. The van der Waals surface area contributed by atoms with Crippen LogP contribution in [-0.2, 0) is 24.0 Å². The molecule has 9 nitrogen and oxygen atoms in total. The number of nitrogens with zero attached hydrogens (tertiary/aromatic N) is 6. The lowest BCUT2D eigenvalue weighted by molar-refractivity contribution is -0.153. The van der Waals surface area contributed by atoms with Crippen LogP contribution < -0.4 is 15.4 Å². The van der Waals surface area contributed by atoms with E-state index in [1.165, 1.54) is 4.90 Å². The van der Waals surface area contributed by atoms with Gasteiger partial charge in [0, 0.05) is 13.1 Å². The summed E-state index contributed by atoms with van der Waals surface area (Å²) < 4.78 is 105. The zero-order chi connectivity index (χ0) is 24.1. The maximum Gasteiger partial charge on any atom is 0.455 e. The number of hydrogen-bond donors (Lipinski definition) is 0. The van der Waals surface area contributed by atoms with Crippen molar-refractivity contribution in [2.24, 2.45) is 0 Å². The van der Waals surface area contributed by atoms with Crippen LogP contribution in [0.25, 0.3) is 0 Å². The largest absolute Gasteiger partial charge is 0.455 e. The number of hydrogen-bond acceptors (Lipinski definition) is 8. The van der Waals surface area contributed by atoms with E-state index < -0.39 is 78.8 Å². The van der Waals surface area contributed by atoms with Gasteiger partial charge in [-0.3, -0.25) is 9.36 Å². The first-order valence-electron chi connectivity index (χ1n) is 9.75. The summed E-state index contributed by atoms with van der Waals surface area (Å²) in [5, 5.41) is 2.74. The monoisotopic (exact) mass is 486 g/mol. The molecule has 2 aromatic rings. The molecule has 1 fully saturated rings. The Kier molecular flexibility index (Phi) is 5.74. The van der Waals surface area contributed by atoms with E-state index in [-0.39, 0.29) is 19.8 Å². The molecule has 0 saturated carbocycles. The zero-order valence-corrected chi connectivity index (χ0v) is 17.0. The molecule has 0 bridgehead atoms. The average molecular weight is 486 g/mol. The van der Waals surface area contributed by atoms with Crippen LogP contribution in [0.1, 0.15) is 25.1 Å². The van der Waals surface area contributed by atoms with Crippen molar-refractivity contribution in [1.82, 2.24) is 19.7 Å². The van der Waals surface area contributed by atoms with Crippen LogP contribution in [0, 0.1) is 5.82 Å². The van der Waals surface area contributed by atoms with E-state index in [0.29, 0.717) is 9.47 Å². The molecular weight excluding hydrogens is 469 g/mol. The Hall–Kier alpha value is -2.91. The van der Waals surface area contributed by atoms with Gasteiger partial charge in [-0.25, -0.2) is 0 Å². The Bertz CT molecular complexity index is 1080. The van der Waals surface area contributed by atoms with Gasteiger partial charge in [0.15, 0.2) is 5.82 Å². The maximum atomic E-state index is 14.9. The molecule has 2 aromatic heterocycles. The van der Waals surface area contributed by atoms with E-state index in [0.717, 1.165) is 0 Å². The molecule has 4 rings (SSSR count). The van der Waals surface area contributed by atoms with Crippen molar-refractivity contribution in [2.75, 3.05) is 29.6 Å².